The van der Waals surface area contributed by atoms with Gasteiger partial charge in [0.2, 0.25) is 0 Å². The van der Waals surface area contributed by atoms with Crippen molar-refractivity contribution in [2.45, 2.75) is 6.54 Å². The summed E-state index contributed by atoms with van der Waals surface area (Å²) in [5.74, 6) is 0.549. The number of benzene rings is 1. The highest BCUT2D eigenvalue weighted by atomic mass is 35.5. The molecule has 0 radical (unpaired) electrons. The number of hydrogen-bond acceptors (Lipinski definition) is 4. The molecule has 0 atom stereocenters. The predicted octanol–water partition coefficient (Wildman–Crippen LogP) is 4.72. The van der Waals surface area contributed by atoms with E-state index in [9.17, 15) is 0 Å². The van der Waals surface area contributed by atoms with Crippen LogP contribution in [0.2, 0.25) is 14.5 Å². The summed E-state index contributed by atoms with van der Waals surface area (Å²) >= 11 is 19.3. The maximum Gasteiger partial charge on any atom is 0.183 e. The minimum atomic E-state index is 0.506. The van der Waals surface area contributed by atoms with Gasteiger partial charge in [0, 0.05) is 17.1 Å². The monoisotopic (exact) mass is 322 g/mol. The Morgan fingerprint density at radius 2 is 2.06 bits per heavy atom. The molecule has 0 bridgehead atoms. The van der Waals surface area contributed by atoms with Gasteiger partial charge in [-0.1, -0.05) is 34.8 Å². The van der Waals surface area contributed by atoms with Crippen LogP contribution in [0.1, 0.15) is 4.88 Å². The molecule has 2 rings (SSSR count). The third kappa shape index (κ3) is 3.20. The van der Waals surface area contributed by atoms with Gasteiger partial charge in [-0.3, -0.25) is 0 Å². The number of halogens is 3. The second-order valence-corrected chi connectivity index (χ2v) is 5.91. The van der Waals surface area contributed by atoms with Crippen molar-refractivity contribution in [1.82, 2.24) is 4.98 Å². The van der Waals surface area contributed by atoms with E-state index < -0.39 is 0 Å². The van der Waals surface area contributed by atoms with E-state index in [1.807, 2.05) is 0 Å². The molecule has 0 unspecified atom stereocenters. The Balaban J connectivity index is 2.12. The highest BCUT2D eigenvalue weighted by Gasteiger charge is 2.08. The number of nitrogens with one attached hydrogen (secondary N) is 1. The molecular formula is C11H9Cl3N2OS. The average molecular weight is 324 g/mol. The number of thiazole rings is 1. The van der Waals surface area contributed by atoms with E-state index in [2.05, 4.69) is 10.3 Å². The number of methoxy groups -OCH3 is 1. The van der Waals surface area contributed by atoms with Crippen molar-refractivity contribution in [3.63, 3.8) is 0 Å². The number of ether oxygens (including phenoxy) is 1. The SMILES string of the molecule is COc1cc(Cl)c(NCc2cnc(Cl)s2)cc1Cl. The fourth-order valence-corrected chi connectivity index (χ4v) is 2.75. The van der Waals surface area contributed by atoms with Crippen LogP contribution in [0.25, 0.3) is 0 Å². The third-order valence-corrected chi connectivity index (χ3v) is 3.94. The Labute approximate surface area is 124 Å². The van der Waals surface area contributed by atoms with Crippen molar-refractivity contribution >= 4 is 51.8 Å². The molecular weight excluding hydrogens is 315 g/mol. The van der Waals surface area contributed by atoms with E-state index in [4.69, 9.17) is 39.5 Å². The Bertz CT molecular complexity index is 559. The Kier molecular flexibility index (Phi) is 4.56. The number of anilines is 1. The van der Waals surface area contributed by atoms with Crippen molar-refractivity contribution in [2.24, 2.45) is 0 Å². The van der Waals surface area contributed by atoms with Gasteiger partial charge >= 0.3 is 0 Å². The van der Waals surface area contributed by atoms with E-state index in [0.717, 1.165) is 10.6 Å². The largest absolute Gasteiger partial charge is 0.495 e. The molecule has 0 aliphatic heterocycles. The van der Waals surface area contributed by atoms with E-state index in [1.165, 1.54) is 11.3 Å². The summed E-state index contributed by atoms with van der Waals surface area (Å²) in [4.78, 5) is 4.98. The lowest BCUT2D eigenvalue weighted by atomic mass is 10.3. The maximum absolute atomic E-state index is 6.11. The lowest BCUT2D eigenvalue weighted by Gasteiger charge is -2.10. The Morgan fingerprint density at radius 3 is 2.67 bits per heavy atom. The summed E-state index contributed by atoms with van der Waals surface area (Å²) < 4.78 is 5.60. The van der Waals surface area contributed by atoms with Gasteiger partial charge in [-0.2, -0.15) is 0 Å². The topological polar surface area (TPSA) is 34.1 Å². The van der Waals surface area contributed by atoms with Gasteiger partial charge in [0.1, 0.15) is 5.75 Å². The van der Waals surface area contributed by atoms with Crippen molar-refractivity contribution < 1.29 is 4.74 Å². The third-order valence-electron chi connectivity index (χ3n) is 2.22. The number of aromatic nitrogens is 1. The van der Waals surface area contributed by atoms with Gasteiger partial charge in [-0.05, 0) is 6.07 Å². The summed E-state index contributed by atoms with van der Waals surface area (Å²) in [5.41, 5.74) is 0.743. The first-order valence-electron chi connectivity index (χ1n) is 4.97. The normalized spacial score (nSPS) is 10.4. The summed E-state index contributed by atoms with van der Waals surface area (Å²) in [6, 6.07) is 3.40. The highest BCUT2D eigenvalue weighted by Crippen LogP contribution is 2.34. The van der Waals surface area contributed by atoms with Crippen LogP contribution in [-0.2, 0) is 6.54 Å². The van der Waals surface area contributed by atoms with E-state index in [-0.39, 0.29) is 0 Å². The highest BCUT2D eigenvalue weighted by molar-refractivity contribution is 7.15. The molecule has 0 aliphatic rings. The summed E-state index contributed by atoms with van der Waals surface area (Å²) in [7, 11) is 1.55. The summed E-state index contributed by atoms with van der Waals surface area (Å²) in [6.07, 6.45) is 1.72. The van der Waals surface area contributed by atoms with E-state index in [1.54, 1.807) is 25.4 Å². The molecule has 0 saturated heterocycles. The van der Waals surface area contributed by atoms with Crippen molar-refractivity contribution in [3.05, 3.63) is 37.7 Å². The van der Waals surface area contributed by atoms with Crippen LogP contribution in [0, 0.1) is 0 Å². The van der Waals surface area contributed by atoms with Crippen LogP contribution in [0.5, 0.6) is 5.75 Å². The van der Waals surface area contributed by atoms with Crippen molar-refractivity contribution in [2.75, 3.05) is 12.4 Å². The van der Waals surface area contributed by atoms with Crippen molar-refractivity contribution in [1.29, 1.82) is 0 Å². The molecule has 0 amide bonds. The van der Waals surface area contributed by atoms with Gasteiger partial charge < -0.3 is 10.1 Å². The van der Waals surface area contributed by atoms with Gasteiger partial charge in [-0.25, -0.2) is 4.98 Å². The molecule has 0 fully saturated rings. The van der Waals surface area contributed by atoms with Crippen molar-refractivity contribution in [3.8, 4) is 5.75 Å². The molecule has 96 valence electrons. The smallest absolute Gasteiger partial charge is 0.183 e. The van der Waals surface area contributed by atoms with Crippen LogP contribution >= 0.6 is 46.1 Å². The lowest BCUT2D eigenvalue weighted by molar-refractivity contribution is 0.415. The van der Waals surface area contributed by atoms with Crippen LogP contribution < -0.4 is 10.1 Å². The Morgan fingerprint density at radius 1 is 1.28 bits per heavy atom. The van der Waals surface area contributed by atoms with Gasteiger partial charge in [-0.15, -0.1) is 11.3 Å². The van der Waals surface area contributed by atoms with Gasteiger partial charge in [0.25, 0.3) is 0 Å². The van der Waals surface area contributed by atoms with E-state index in [0.29, 0.717) is 26.8 Å². The summed E-state index contributed by atoms with van der Waals surface area (Å²) in [5, 5.41) is 4.23. The molecule has 3 nitrogen and oxygen atoms in total. The Hall–Kier alpha value is -0.680. The minimum Gasteiger partial charge on any atom is -0.495 e. The first-order valence-corrected chi connectivity index (χ1v) is 6.92. The zero-order valence-electron chi connectivity index (χ0n) is 9.34. The standard InChI is InChI=1S/C11H9Cl3N2OS/c1-17-10-3-7(12)9(2-8(10)13)15-4-6-5-16-11(14)18-6/h2-3,5,15H,4H2,1H3. The molecule has 7 heteroatoms. The second kappa shape index (κ2) is 5.97. The molecule has 0 saturated carbocycles. The molecule has 0 aliphatic carbocycles. The van der Waals surface area contributed by atoms with Gasteiger partial charge in [0.05, 0.1) is 29.4 Å². The van der Waals surface area contributed by atoms with Crippen LogP contribution in [0.4, 0.5) is 5.69 Å². The maximum atomic E-state index is 6.11. The van der Waals surface area contributed by atoms with Gasteiger partial charge in [0.15, 0.2) is 4.47 Å². The zero-order valence-corrected chi connectivity index (χ0v) is 12.4. The van der Waals surface area contributed by atoms with Crippen LogP contribution in [0.3, 0.4) is 0 Å². The number of hydrogen-bond donors (Lipinski definition) is 1. The quantitative estimate of drug-likeness (QED) is 0.883. The molecule has 2 aromatic rings. The molecule has 1 N–H and O–H groups in total. The predicted molar refractivity (Wildman–Crippen MR) is 77.5 cm³/mol. The number of rotatable bonds is 4. The van der Waals surface area contributed by atoms with Crippen LogP contribution in [-0.4, -0.2) is 12.1 Å². The first-order chi connectivity index (χ1) is 8.60. The molecule has 0 spiro atoms. The molecule has 1 aromatic heterocycles. The molecule has 1 aromatic carbocycles. The first kappa shape index (κ1) is 13.7. The second-order valence-electron chi connectivity index (χ2n) is 3.40. The number of nitrogens with zero attached hydrogens (tertiary/aromatic N) is 1. The molecule has 18 heavy (non-hydrogen) atoms. The fraction of sp³-hybridized carbons (Fsp3) is 0.182. The lowest BCUT2D eigenvalue weighted by Crippen LogP contribution is -1.98. The average Bonchev–Trinajstić information content (AvgIpc) is 2.75. The minimum absolute atomic E-state index is 0.506. The molecule has 1 heterocycles. The summed E-state index contributed by atoms with van der Waals surface area (Å²) in [6.45, 7) is 0.590. The zero-order chi connectivity index (χ0) is 13.1. The fourth-order valence-electron chi connectivity index (χ4n) is 1.37. The van der Waals surface area contributed by atoms with E-state index >= 15 is 0 Å². The van der Waals surface area contributed by atoms with Crippen LogP contribution in [0.15, 0.2) is 18.3 Å².